The van der Waals surface area contributed by atoms with Crippen LogP contribution in [0.25, 0.3) is 21.5 Å². The maximum atomic E-state index is 12.3. The van der Waals surface area contributed by atoms with Gasteiger partial charge in [0.25, 0.3) is 0 Å². The van der Waals surface area contributed by atoms with Crippen molar-refractivity contribution in [1.82, 2.24) is 0 Å². The van der Waals surface area contributed by atoms with Gasteiger partial charge in [-0.2, -0.15) is 0 Å². The summed E-state index contributed by atoms with van der Waals surface area (Å²) in [5.41, 5.74) is 0. The smallest absolute Gasteiger partial charge is 0.403 e. The Balaban J connectivity index is 1.99. The van der Waals surface area contributed by atoms with E-state index in [1.807, 2.05) is 38.1 Å². The summed E-state index contributed by atoms with van der Waals surface area (Å²) < 4.78 is 21.3. The van der Waals surface area contributed by atoms with Crippen LogP contribution < -0.4 is 9.47 Å². The van der Waals surface area contributed by atoms with Gasteiger partial charge in [-0.15, -0.1) is 0 Å². The van der Waals surface area contributed by atoms with Crippen LogP contribution in [0.1, 0.15) is 39.5 Å². The Morgan fingerprint density at radius 1 is 0.656 bits per heavy atom. The van der Waals surface area contributed by atoms with Gasteiger partial charge in [0.1, 0.15) is 11.5 Å². The normalized spacial score (nSPS) is 11.3. The maximum Gasteiger partial charge on any atom is 0.518 e. The largest absolute Gasteiger partial charge is 0.518 e. The summed E-state index contributed by atoms with van der Waals surface area (Å²) in [5.74, 6) is 0.655. The highest BCUT2D eigenvalue weighted by Gasteiger charge is 2.20. The summed E-state index contributed by atoms with van der Waals surface area (Å²) in [6.07, 6.45) is 7.98. The molecule has 6 nitrogen and oxygen atoms in total. The van der Waals surface area contributed by atoms with Gasteiger partial charge in [0.2, 0.25) is 0 Å². The highest BCUT2D eigenvalue weighted by atomic mass is 16.7. The Morgan fingerprint density at radius 2 is 1.00 bits per heavy atom. The van der Waals surface area contributed by atoms with Crippen LogP contribution >= 0.6 is 0 Å². The zero-order valence-electron chi connectivity index (χ0n) is 18.2. The molecule has 0 radical (unpaired) electrons. The predicted molar refractivity (Wildman–Crippen MR) is 124 cm³/mol. The van der Waals surface area contributed by atoms with Crippen molar-refractivity contribution >= 4 is 33.9 Å². The van der Waals surface area contributed by atoms with Crippen LogP contribution in [0.3, 0.4) is 0 Å². The Kier molecular flexibility index (Phi) is 8.26. The first-order valence-corrected chi connectivity index (χ1v) is 10.7. The summed E-state index contributed by atoms with van der Waals surface area (Å²) in [7, 11) is 0. The fourth-order valence-electron chi connectivity index (χ4n) is 3.16. The molecule has 0 atom stereocenters. The first-order chi connectivity index (χ1) is 15.7. The fourth-order valence-corrected chi connectivity index (χ4v) is 3.16. The molecule has 0 aliphatic heterocycles. The van der Waals surface area contributed by atoms with Gasteiger partial charge in [-0.3, -0.25) is 0 Å². The molecule has 3 aromatic carbocycles. The van der Waals surface area contributed by atoms with Gasteiger partial charge in [-0.1, -0.05) is 75.2 Å². The van der Waals surface area contributed by atoms with Crippen molar-refractivity contribution in [3.05, 3.63) is 73.2 Å². The standard InChI is InChI=1S/C26H26O6/c1-3-5-11-17-29-25(27)31-23-19-13-7-9-15-21(19)24(22-16-10-8-14-20(22)23)32-26(28)30-18-12-6-4-2/h7-18H,3-6H2,1-2H3/b17-11+,18-12+. The minimum atomic E-state index is -0.846. The number of ether oxygens (including phenoxy) is 4. The third-order valence-electron chi connectivity index (χ3n) is 4.64. The van der Waals surface area contributed by atoms with Crippen molar-refractivity contribution in [3.8, 4) is 11.5 Å². The average molecular weight is 434 g/mol. The lowest BCUT2D eigenvalue weighted by atomic mass is 10.0. The van der Waals surface area contributed by atoms with Crippen LogP contribution in [0.2, 0.25) is 0 Å². The molecular weight excluding hydrogens is 408 g/mol. The van der Waals surface area contributed by atoms with Crippen molar-refractivity contribution < 1.29 is 28.5 Å². The molecule has 0 aliphatic carbocycles. The summed E-state index contributed by atoms with van der Waals surface area (Å²) in [6.45, 7) is 4.06. The SMILES string of the molecule is CCC/C=C/OC(=O)Oc1c2ccccc2c(OC(=O)O/C=C/CCC)c2ccccc12. The van der Waals surface area contributed by atoms with Crippen LogP contribution in [0.5, 0.6) is 11.5 Å². The van der Waals surface area contributed by atoms with Crippen LogP contribution in [0.4, 0.5) is 9.59 Å². The van der Waals surface area contributed by atoms with Crippen molar-refractivity contribution in [3.63, 3.8) is 0 Å². The first-order valence-electron chi connectivity index (χ1n) is 10.7. The van der Waals surface area contributed by atoms with E-state index >= 15 is 0 Å². The maximum absolute atomic E-state index is 12.3. The van der Waals surface area contributed by atoms with Crippen LogP contribution in [-0.4, -0.2) is 12.3 Å². The Morgan fingerprint density at radius 3 is 1.31 bits per heavy atom. The van der Waals surface area contributed by atoms with Crippen molar-refractivity contribution in [2.24, 2.45) is 0 Å². The third kappa shape index (κ3) is 5.66. The highest BCUT2D eigenvalue weighted by Crippen LogP contribution is 2.42. The quantitative estimate of drug-likeness (QED) is 0.157. The molecule has 166 valence electrons. The van der Waals surface area contributed by atoms with E-state index in [0.29, 0.717) is 33.0 Å². The van der Waals surface area contributed by atoms with Crippen molar-refractivity contribution in [1.29, 1.82) is 0 Å². The molecule has 0 spiro atoms. The van der Waals surface area contributed by atoms with E-state index in [1.165, 1.54) is 12.5 Å². The third-order valence-corrected chi connectivity index (χ3v) is 4.64. The molecule has 3 aromatic rings. The zero-order chi connectivity index (χ0) is 22.8. The monoisotopic (exact) mass is 434 g/mol. The fraction of sp³-hybridized carbons (Fsp3) is 0.231. The molecular formula is C26H26O6. The molecule has 0 heterocycles. The van der Waals surface area contributed by atoms with Crippen molar-refractivity contribution in [2.45, 2.75) is 39.5 Å². The van der Waals surface area contributed by atoms with E-state index in [2.05, 4.69) is 0 Å². The molecule has 0 bridgehead atoms. The van der Waals surface area contributed by atoms with Gasteiger partial charge in [-0.25, -0.2) is 9.59 Å². The number of unbranched alkanes of at least 4 members (excludes halogenated alkanes) is 2. The lowest BCUT2D eigenvalue weighted by Crippen LogP contribution is -2.10. The molecule has 0 aromatic heterocycles. The van der Waals surface area contributed by atoms with Gasteiger partial charge in [0.05, 0.1) is 12.5 Å². The lowest BCUT2D eigenvalue weighted by Gasteiger charge is -2.15. The minimum Gasteiger partial charge on any atom is -0.403 e. The molecule has 32 heavy (non-hydrogen) atoms. The topological polar surface area (TPSA) is 71.1 Å². The van der Waals surface area contributed by atoms with Crippen LogP contribution in [0, 0.1) is 0 Å². The molecule has 0 aliphatic rings. The van der Waals surface area contributed by atoms with E-state index in [-0.39, 0.29) is 0 Å². The Labute approximate surface area is 187 Å². The Hall–Kier alpha value is -3.80. The number of rotatable bonds is 8. The number of fused-ring (bicyclic) bond motifs is 2. The number of hydrogen-bond donors (Lipinski definition) is 0. The van der Waals surface area contributed by atoms with Gasteiger partial charge in [0, 0.05) is 21.5 Å². The summed E-state index contributed by atoms with van der Waals surface area (Å²) >= 11 is 0. The number of benzene rings is 3. The second kappa shape index (κ2) is 11.6. The summed E-state index contributed by atoms with van der Waals surface area (Å²) in [5, 5.41) is 2.41. The van der Waals surface area contributed by atoms with Crippen LogP contribution in [0.15, 0.2) is 73.2 Å². The predicted octanol–water partition coefficient (Wildman–Crippen LogP) is 7.65. The second-order valence-electron chi connectivity index (χ2n) is 7.01. The first kappa shape index (κ1) is 22.9. The molecule has 0 N–H and O–H groups in total. The number of carbonyl (C=O) groups excluding carboxylic acids is 2. The minimum absolute atomic E-state index is 0.327. The number of hydrogen-bond acceptors (Lipinski definition) is 6. The highest BCUT2D eigenvalue weighted by molar-refractivity contribution is 6.12. The lowest BCUT2D eigenvalue weighted by molar-refractivity contribution is 0.134. The second-order valence-corrected chi connectivity index (χ2v) is 7.01. The molecule has 0 fully saturated rings. The van der Waals surface area contributed by atoms with Crippen LogP contribution in [-0.2, 0) is 9.47 Å². The van der Waals surface area contributed by atoms with Crippen molar-refractivity contribution in [2.75, 3.05) is 0 Å². The molecule has 0 saturated heterocycles. The van der Waals surface area contributed by atoms with E-state index in [4.69, 9.17) is 18.9 Å². The summed E-state index contributed by atoms with van der Waals surface area (Å²) in [4.78, 5) is 24.6. The van der Waals surface area contributed by atoms with Gasteiger partial charge in [0.15, 0.2) is 0 Å². The van der Waals surface area contributed by atoms with E-state index < -0.39 is 12.3 Å². The van der Waals surface area contributed by atoms with Gasteiger partial charge >= 0.3 is 12.3 Å². The summed E-state index contributed by atoms with van der Waals surface area (Å²) in [6, 6.07) is 14.4. The average Bonchev–Trinajstić information content (AvgIpc) is 2.81. The number of carbonyl (C=O) groups is 2. The van der Waals surface area contributed by atoms with E-state index in [9.17, 15) is 9.59 Å². The number of allylic oxidation sites excluding steroid dienone is 2. The zero-order valence-corrected chi connectivity index (χ0v) is 18.2. The molecule has 0 amide bonds. The molecule has 6 heteroatoms. The van der Waals surface area contributed by atoms with Gasteiger partial charge < -0.3 is 18.9 Å². The molecule has 3 rings (SSSR count). The van der Waals surface area contributed by atoms with E-state index in [0.717, 1.165) is 25.7 Å². The van der Waals surface area contributed by atoms with Gasteiger partial charge in [-0.05, 0) is 25.0 Å². The van der Waals surface area contributed by atoms with E-state index in [1.54, 1.807) is 36.4 Å². The molecule has 0 saturated carbocycles. The Bertz CT molecular complexity index is 999. The molecule has 0 unspecified atom stereocenters.